The van der Waals surface area contributed by atoms with Crippen molar-refractivity contribution in [2.45, 2.75) is 0 Å². The van der Waals surface area contributed by atoms with Crippen LogP contribution < -0.4 is 0 Å². The van der Waals surface area contributed by atoms with Crippen molar-refractivity contribution in [3.8, 4) is 11.3 Å². The summed E-state index contributed by atoms with van der Waals surface area (Å²) in [7, 11) is 0. The molecule has 0 fully saturated rings. The van der Waals surface area contributed by atoms with E-state index in [-0.39, 0.29) is 0 Å². The molecule has 0 spiro atoms. The van der Waals surface area contributed by atoms with E-state index < -0.39 is 0 Å². The van der Waals surface area contributed by atoms with Crippen LogP contribution in [0.25, 0.3) is 11.3 Å². The molecule has 5 heteroatoms. The first-order chi connectivity index (χ1) is 10.2. The first-order valence-electron chi connectivity index (χ1n) is 6.22. The molecule has 0 aliphatic rings. The fraction of sp³-hybridized carbons (Fsp3) is 0. The van der Waals surface area contributed by atoms with Crippen molar-refractivity contribution in [2.24, 2.45) is 4.99 Å². The molecule has 0 N–H and O–H groups in total. The van der Waals surface area contributed by atoms with Gasteiger partial charge in [0.2, 0.25) is 5.13 Å². The quantitative estimate of drug-likeness (QED) is 0.551. The van der Waals surface area contributed by atoms with Crippen LogP contribution in [-0.4, -0.2) is 11.2 Å². The lowest BCUT2D eigenvalue weighted by molar-refractivity contribution is 1.36. The number of thiazole rings is 1. The number of benzene rings is 2. The van der Waals surface area contributed by atoms with Gasteiger partial charge in [-0.25, -0.2) is 9.98 Å². The second-order valence-electron chi connectivity index (χ2n) is 4.33. The van der Waals surface area contributed by atoms with Gasteiger partial charge in [-0.15, -0.1) is 11.3 Å². The number of aromatic nitrogens is 1. The molecule has 0 radical (unpaired) electrons. The third-order valence-electron chi connectivity index (χ3n) is 2.83. The Labute approximate surface area is 136 Å². The Morgan fingerprint density at radius 1 is 0.905 bits per heavy atom. The van der Waals surface area contributed by atoms with Gasteiger partial charge in [0.1, 0.15) is 0 Å². The largest absolute Gasteiger partial charge is 0.227 e. The van der Waals surface area contributed by atoms with Crippen molar-refractivity contribution < 1.29 is 0 Å². The van der Waals surface area contributed by atoms with Crippen LogP contribution in [0.4, 0.5) is 5.13 Å². The fourth-order valence-electron chi connectivity index (χ4n) is 1.76. The van der Waals surface area contributed by atoms with E-state index in [1.165, 1.54) is 11.3 Å². The standard InChI is InChI=1S/C16H10Cl2N2S/c17-13-5-1-11(2-6-13)9-19-16-20-15(10-21-16)12-3-7-14(18)8-4-12/h1-10H/b19-9+. The lowest BCUT2D eigenvalue weighted by Crippen LogP contribution is -1.79. The van der Waals surface area contributed by atoms with E-state index in [4.69, 9.17) is 23.2 Å². The molecule has 104 valence electrons. The second-order valence-corrected chi connectivity index (χ2v) is 6.04. The van der Waals surface area contributed by atoms with Crippen LogP contribution in [0.5, 0.6) is 0 Å². The average molecular weight is 333 g/mol. The Hall–Kier alpha value is -1.68. The van der Waals surface area contributed by atoms with Gasteiger partial charge in [-0.1, -0.05) is 47.5 Å². The molecule has 1 heterocycles. The topological polar surface area (TPSA) is 25.2 Å². The molecular formula is C16H10Cl2N2S. The zero-order valence-corrected chi connectivity index (χ0v) is 13.2. The molecule has 2 nitrogen and oxygen atoms in total. The van der Waals surface area contributed by atoms with Crippen molar-refractivity contribution >= 4 is 45.9 Å². The molecule has 0 saturated heterocycles. The third-order valence-corrected chi connectivity index (χ3v) is 4.08. The number of aliphatic imine (C=N–C) groups is 1. The summed E-state index contributed by atoms with van der Waals surface area (Å²) >= 11 is 13.2. The van der Waals surface area contributed by atoms with Crippen molar-refractivity contribution in [1.82, 2.24) is 4.98 Å². The highest BCUT2D eigenvalue weighted by atomic mass is 35.5. The van der Waals surface area contributed by atoms with Gasteiger partial charge in [-0.05, 0) is 29.8 Å². The number of hydrogen-bond acceptors (Lipinski definition) is 3. The number of nitrogens with zero attached hydrogens (tertiary/aromatic N) is 2. The van der Waals surface area contributed by atoms with Gasteiger partial charge in [0.25, 0.3) is 0 Å². The van der Waals surface area contributed by atoms with Crippen LogP contribution in [0.2, 0.25) is 10.0 Å². The lowest BCUT2D eigenvalue weighted by Gasteiger charge is -1.95. The molecule has 0 atom stereocenters. The zero-order valence-electron chi connectivity index (χ0n) is 10.8. The van der Waals surface area contributed by atoms with E-state index in [0.717, 1.165) is 27.0 Å². The minimum Gasteiger partial charge on any atom is -0.227 e. The molecule has 3 rings (SSSR count). The summed E-state index contributed by atoms with van der Waals surface area (Å²) in [6.07, 6.45) is 1.78. The minimum atomic E-state index is 0.714. The minimum absolute atomic E-state index is 0.714. The summed E-state index contributed by atoms with van der Waals surface area (Å²) in [5.74, 6) is 0. The van der Waals surface area contributed by atoms with E-state index >= 15 is 0 Å². The Kier molecular flexibility index (Phi) is 4.34. The highest BCUT2D eigenvalue weighted by Gasteiger charge is 2.03. The predicted octanol–water partition coefficient (Wildman–Crippen LogP) is 5.87. The van der Waals surface area contributed by atoms with E-state index in [1.807, 2.05) is 53.9 Å². The average Bonchev–Trinajstić information content (AvgIpc) is 2.96. The maximum atomic E-state index is 5.88. The van der Waals surface area contributed by atoms with Gasteiger partial charge in [0, 0.05) is 27.2 Å². The van der Waals surface area contributed by atoms with Gasteiger partial charge < -0.3 is 0 Å². The maximum absolute atomic E-state index is 5.88. The molecule has 0 saturated carbocycles. The summed E-state index contributed by atoms with van der Waals surface area (Å²) in [6.45, 7) is 0. The van der Waals surface area contributed by atoms with E-state index in [1.54, 1.807) is 6.21 Å². The van der Waals surface area contributed by atoms with Gasteiger partial charge in [0.15, 0.2) is 0 Å². The molecule has 21 heavy (non-hydrogen) atoms. The Morgan fingerprint density at radius 3 is 2.19 bits per heavy atom. The van der Waals surface area contributed by atoms with Gasteiger partial charge in [0.05, 0.1) is 5.69 Å². The number of halogens is 2. The summed E-state index contributed by atoms with van der Waals surface area (Å²) < 4.78 is 0. The van der Waals surface area contributed by atoms with Crippen molar-refractivity contribution in [1.29, 1.82) is 0 Å². The highest BCUT2D eigenvalue weighted by Crippen LogP contribution is 2.27. The Morgan fingerprint density at radius 2 is 1.52 bits per heavy atom. The molecule has 0 bridgehead atoms. The summed E-state index contributed by atoms with van der Waals surface area (Å²) in [5, 5.41) is 4.13. The van der Waals surface area contributed by atoms with E-state index in [0.29, 0.717) is 5.02 Å². The van der Waals surface area contributed by atoms with Crippen LogP contribution in [0, 0.1) is 0 Å². The zero-order chi connectivity index (χ0) is 14.7. The monoisotopic (exact) mass is 332 g/mol. The normalized spacial score (nSPS) is 11.1. The molecule has 0 amide bonds. The second kappa shape index (κ2) is 6.39. The van der Waals surface area contributed by atoms with E-state index in [9.17, 15) is 0 Å². The van der Waals surface area contributed by atoms with E-state index in [2.05, 4.69) is 9.98 Å². The lowest BCUT2D eigenvalue weighted by atomic mass is 10.2. The van der Waals surface area contributed by atoms with Gasteiger partial charge >= 0.3 is 0 Å². The Balaban J connectivity index is 1.78. The van der Waals surface area contributed by atoms with Gasteiger partial charge in [-0.2, -0.15) is 0 Å². The van der Waals surface area contributed by atoms with Crippen LogP contribution in [0.3, 0.4) is 0 Å². The number of rotatable bonds is 3. The maximum Gasteiger partial charge on any atom is 0.209 e. The van der Waals surface area contributed by atoms with Crippen LogP contribution in [0.15, 0.2) is 58.9 Å². The molecule has 3 aromatic rings. The van der Waals surface area contributed by atoms with Crippen molar-refractivity contribution in [3.63, 3.8) is 0 Å². The smallest absolute Gasteiger partial charge is 0.209 e. The van der Waals surface area contributed by atoms with Crippen molar-refractivity contribution in [3.05, 3.63) is 69.5 Å². The Bertz CT molecular complexity index is 762. The molecule has 0 unspecified atom stereocenters. The van der Waals surface area contributed by atoms with Crippen LogP contribution in [0.1, 0.15) is 5.56 Å². The molecule has 2 aromatic carbocycles. The molecule has 1 aromatic heterocycles. The molecule has 0 aliphatic carbocycles. The summed E-state index contributed by atoms with van der Waals surface area (Å²) in [5.41, 5.74) is 2.92. The summed E-state index contributed by atoms with van der Waals surface area (Å²) in [4.78, 5) is 8.88. The third kappa shape index (κ3) is 3.70. The predicted molar refractivity (Wildman–Crippen MR) is 91.3 cm³/mol. The highest BCUT2D eigenvalue weighted by molar-refractivity contribution is 7.13. The fourth-order valence-corrected chi connectivity index (χ4v) is 2.68. The molecular weight excluding hydrogens is 323 g/mol. The first-order valence-corrected chi connectivity index (χ1v) is 7.85. The first kappa shape index (κ1) is 14.3. The summed E-state index contributed by atoms with van der Waals surface area (Å²) in [6, 6.07) is 15.1. The SMILES string of the molecule is Clc1ccc(/C=N/c2nc(-c3ccc(Cl)cc3)cs2)cc1. The van der Waals surface area contributed by atoms with Gasteiger partial charge in [-0.3, -0.25) is 0 Å². The number of hydrogen-bond donors (Lipinski definition) is 0. The van der Waals surface area contributed by atoms with Crippen LogP contribution >= 0.6 is 34.5 Å². The molecule has 0 aliphatic heterocycles. The van der Waals surface area contributed by atoms with Crippen molar-refractivity contribution in [2.75, 3.05) is 0 Å². The van der Waals surface area contributed by atoms with Crippen LogP contribution in [-0.2, 0) is 0 Å².